The summed E-state index contributed by atoms with van der Waals surface area (Å²) in [7, 11) is 1.41. The van der Waals surface area contributed by atoms with Crippen LogP contribution in [0.1, 0.15) is 31.7 Å². The number of carbonyl (C=O) groups excluding carboxylic acids is 1. The number of rotatable bonds is 8. The van der Waals surface area contributed by atoms with Crippen molar-refractivity contribution < 1.29 is 38.3 Å². The first kappa shape index (κ1) is 27.8. The molecule has 2 fully saturated rings. The second-order valence-electron chi connectivity index (χ2n) is 9.37. The van der Waals surface area contributed by atoms with Gasteiger partial charge in [0.2, 0.25) is 11.8 Å². The molecule has 0 amide bonds. The number of hydrogen-bond acceptors (Lipinski definition) is 13. The summed E-state index contributed by atoms with van der Waals surface area (Å²) < 4.78 is 37.0. The van der Waals surface area contributed by atoms with Gasteiger partial charge in [-0.15, -0.1) is 0 Å². The van der Waals surface area contributed by atoms with Crippen LogP contribution in [0.3, 0.4) is 0 Å². The fourth-order valence-electron chi connectivity index (χ4n) is 4.45. The van der Waals surface area contributed by atoms with E-state index >= 15 is 0 Å². The van der Waals surface area contributed by atoms with Crippen LogP contribution in [0, 0.1) is 0 Å². The Balaban J connectivity index is 1.23. The zero-order chi connectivity index (χ0) is 27.9. The lowest BCUT2D eigenvalue weighted by Gasteiger charge is -2.27. The summed E-state index contributed by atoms with van der Waals surface area (Å²) in [5.74, 6) is -0.310. The van der Waals surface area contributed by atoms with Gasteiger partial charge in [-0.1, -0.05) is 41.7 Å². The SMILES string of the molecule is COc1nc(N)nc2c1ncn2[C@@H]1O[C@H](CO[P@]2(=O)N[C@@H](C(=O)O[C@@H](C)c3ccccc3)CS2)[C@@H](O)[C@@]1(C)O. The largest absolute Gasteiger partial charge is 0.479 e. The third-order valence-corrected chi connectivity index (χ3v) is 10.6. The predicted molar refractivity (Wildman–Crippen MR) is 141 cm³/mol. The Morgan fingerprint density at radius 3 is 2.85 bits per heavy atom. The number of benzene rings is 1. The highest BCUT2D eigenvalue weighted by molar-refractivity contribution is 8.56. The average molecular weight is 581 g/mol. The standard InChI is InChI=1S/C23H29N6O8PS/c1-12(13-7-5-4-6-8-13)36-20(31)14-10-39-38(33,28-14)35-9-15-17(30)23(2,32)21(37-15)29-11-25-16-18(29)26-22(24)27-19(16)34-3/h4-8,11-12,14-15,17,21,30,32H,9-10H2,1-3H3,(H,28,33)(H2,24,26,27)/t12-,14+,15+,17+,21+,23+,38+/m0/s1. The highest BCUT2D eigenvalue weighted by atomic mass is 32.7. The molecule has 0 unspecified atom stereocenters. The maximum absolute atomic E-state index is 13.3. The molecule has 7 atom stereocenters. The van der Waals surface area contributed by atoms with Crippen molar-refractivity contribution >= 4 is 41.2 Å². The normalized spacial score (nSPS) is 31.4. The van der Waals surface area contributed by atoms with E-state index in [0.717, 1.165) is 16.9 Å². The second kappa shape index (κ2) is 10.7. The van der Waals surface area contributed by atoms with Crippen molar-refractivity contribution in [3.8, 4) is 5.88 Å². The Morgan fingerprint density at radius 1 is 1.38 bits per heavy atom. The number of aliphatic hydroxyl groups is 2. The number of carbonyl (C=O) groups is 1. The number of nitrogen functional groups attached to an aromatic ring is 1. The Kier molecular flexibility index (Phi) is 7.59. The second-order valence-corrected chi connectivity index (χ2v) is 13.7. The molecule has 14 nitrogen and oxygen atoms in total. The fraction of sp³-hybridized carbons (Fsp3) is 0.478. The lowest BCUT2D eigenvalue weighted by molar-refractivity contribution is -0.150. The first-order valence-corrected chi connectivity index (χ1v) is 15.3. The van der Waals surface area contributed by atoms with Crippen LogP contribution in [-0.4, -0.2) is 79.0 Å². The minimum Gasteiger partial charge on any atom is -0.479 e. The fourth-order valence-corrected chi connectivity index (χ4v) is 8.33. The molecule has 0 bridgehead atoms. The van der Waals surface area contributed by atoms with Crippen LogP contribution in [0.15, 0.2) is 36.7 Å². The lowest BCUT2D eigenvalue weighted by atomic mass is 9.96. The topological polar surface area (TPSA) is 193 Å². The molecule has 2 aliphatic rings. The molecule has 39 heavy (non-hydrogen) atoms. The van der Waals surface area contributed by atoms with Crippen LogP contribution in [-0.2, 0) is 23.4 Å². The number of fused-ring (bicyclic) bond motifs is 1. The van der Waals surface area contributed by atoms with E-state index in [2.05, 4.69) is 20.0 Å². The molecule has 210 valence electrons. The van der Waals surface area contributed by atoms with Crippen molar-refractivity contribution in [1.82, 2.24) is 24.6 Å². The van der Waals surface area contributed by atoms with Gasteiger partial charge in [0.1, 0.15) is 30.0 Å². The lowest BCUT2D eigenvalue weighted by Crippen LogP contribution is -2.44. The first-order chi connectivity index (χ1) is 18.5. The third-order valence-electron chi connectivity index (χ3n) is 6.59. The summed E-state index contributed by atoms with van der Waals surface area (Å²) in [5, 5.41) is 24.7. The highest BCUT2D eigenvalue weighted by Gasteiger charge is 2.54. The summed E-state index contributed by atoms with van der Waals surface area (Å²) in [6.07, 6.45) is -2.75. The third kappa shape index (κ3) is 5.35. The molecule has 0 aliphatic carbocycles. The number of methoxy groups -OCH3 is 1. The van der Waals surface area contributed by atoms with Crippen LogP contribution in [0.25, 0.3) is 11.2 Å². The van der Waals surface area contributed by atoms with E-state index in [4.69, 9.17) is 24.5 Å². The number of aliphatic hydroxyl groups excluding tert-OH is 1. The van der Waals surface area contributed by atoms with Crippen molar-refractivity contribution in [1.29, 1.82) is 0 Å². The molecule has 16 heteroatoms. The molecule has 5 rings (SSSR count). The van der Waals surface area contributed by atoms with E-state index in [1.807, 2.05) is 30.3 Å². The quantitative estimate of drug-likeness (QED) is 0.221. The van der Waals surface area contributed by atoms with Crippen molar-refractivity contribution in [2.24, 2.45) is 0 Å². The molecule has 5 N–H and O–H groups in total. The first-order valence-electron chi connectivity index (χ1n) is 12.0. The predicted octanol–water partition coefficient (Wildman–Crippen LogP) is 1.56. The van der Waals surface area contributed by atoms with E-state index in [0.29, 0.717) is 0 Å². The van der Waals surface area contributed by atoms with Gasteiger partial charge in [-0.2, -0.15) is 9.97 Å². The molecule has 0 spiro atoms. The van der Waals surface area contributed by atoms with E-state index in [-0.39, 0.29) is 35.4 Å². The summed E-state index contributed by atoms with van der Waals surface area (Å²) in [4.78, 5) is 25.0. The van der Waals surface area contributed by atoms with Gasteiger partial charge < -0.3 is 34.7 Å². The molecule has 2 saturated heterocycles. The van der Waals surface area contributed by atoms with Gasteiger partial charge in [-0.3, -0.25) is 13.9 Å². The average Bonchev–Trinajstić information content (AvgIpc) is 3.57. The Morgan fingerprint density at radius 2 is 2.13 bits per heavy atom. The number of ether oxygens (including phenoxy) is 3. The van der Waals surface area contributed by atoms with E-state index in [1.165, 1.54) is 24.9 Å². The summed E-state index contributed by atoms with van der Waals surface area (Å²) in [5.41, 5.74) is 5.33. The van der Waals surface area contributed by atoms with Gasteiger partial charge in [0.25, 0.3) is 0 Å². The van der Waals surface area contributed by atoms with E-state index in [1.54, 1.807) is 6.92 Å². The van der Waals surface area contributed by atoms with Gasteiger partial charge in [0.05, 0.1) is 20.0 Å². The number of esters is 1. The van der Waals surface area contributed by atoms with Crippen molar-refractivity contribution in [2.75, 3.05) is 25.2 Å². The maximum atomic E-state index is 13.3. The molecule has 2 aliphatic heterocycles. The van der Waals surface area contributed by atoms with Gasteiger partial charge >= 0.3 is 12.7 Å². The van der Waals surface area contributed by atoms with Crippen LogP contribution < -0.4 is 15.6 Å². The summed E-state index contributed by atoms with van der Waals surface area (Å²) >= 11 is 0.956. The van der Waals surface area contributed by atoms with Crippen LogP contribution in [0.4, 0.5) is 5.95 Å². The van der Waals surface area contributed by atoms with Gasteiger partial charge in [-0.25, -0.2) is 10.1 Å². The Bertz CT molecular complexity index is 1410. The molecule has 2 aromatic heterocycles. The summed E-state index contributed by atoms with van der Waals surface area (Å²) in [6.45, 7) is -0.719. The molecule has 0 radical (unpaired) electrons. The number of imidazole rings is 1. The molecule has 0 saturated carbocycles. The molecule has 4 heterocycles. The van der Waals surface area contributed by atoms with Crippen molar-refractivity contribution in [3.63, 3.8) is 0 Å². The van der Waals surface area contributed by atoms with Gasteiger partial charge in [-0.05, 0) is 19.4 Å². The van der Waals surface area contributed by atoms with E-state index < -0.39 is 48.9 Å². The molecule has 1 aromatic carbocycles. The summed E-state index contributed by atoms with van der Waals surface area (Å²) in [6, 6.07) is 8.43. The van der Waals surface area contributed by atoms with Gasteiger partial charge in [0, 0.05) is 5.75 Å². The number of aromatic nitrogens is 4. The molecular weight excluding hydrogens is 551 g/mol. The van der Waals surface area contributed by atoms with Crippen LogP contribution in [0.2, 0.25) is 0 Å². The Labute approximate surface area is 227 Å². The highest BCUT2D eigenvalue weighted by Crippen LogP contribution is 2.61. The Hall–Kier alpha value is -2.78. The number of hydrogen-bond donors (Lipinski definition) is 4. The van der Waals surface area contributed by atoms with E-state index in [9.17, 15) is 19.6 Å². The number of nitrogens with zero attached hydrogens (tertiary/aromatic N) is 4. The number of anilines is 1. The van der Waals surface area contributed by atoms with Crippen molar-refractivity contribution in [3.05, 3.63) is 42.2 Å². The van der Waals surface area contributed by atoms with Gasteiger partial charge in [0.15, 0.2) is 17.4 Å². The zero-order valence-electron chi connectivity index (χ0n) is 21.3. The van der Waals surface area contributed by atoms with Crippen molar-refractivity contribution in [2.45, 2.75) is 50.0 Å². The minimum absolute atomic E-state index is 0.0761. The minimum atomic E-state index is -3.53. The molecular formula is C23H29N6O8PS. The number of nitrogens with one attached hydrogen (secondary N) is 1. The monoisotopic (exact) mass is 580 g/mol. The number of nitrogens with two attached hydrogens (primary N) is 1. The maximum Gasteiger partial charge on any atom is 0.327 e. The zero-order valence-corrected chi connectivity index (χ0v) is 23.0. The molecule has 3 aromatic rings. The smallest absolute Gasteiger partial charge is 0.327 e. The van der Waals surface area contributed by atoms with Crippen LogP contribution in [0.5, 0.6) is 5.88 Å². The van der Waals surface area contributed by atoms with Crippen LogP contribution >= 0.6 is 18.1 Å².